The number of halogens is 2. The van der Waals surface area contributed by atoms with Crippen LogP contribution in [0.15, 0.2) is 18.2 Å². The van der Waals surface area contributed by atoms with Gasteiger partial charge in [0.15, 0.2) is 0 Å². The normalized spacial score (nSPS) is 16.3. The van der Waals surface area contributed by atoms with Gasteiger partial charge in [-0.15, -0.1) is 11.3 Å². The molecule has 0 aliphatic heterocycles. The minimum Gasteiger partial charge on any atom is -0.465 e. The van der Waals surface area contributed by atoms with Crippen molar-refractivity contribution in [3.63, 3.8) is 0 Å². The van der Waals surface area contributed by atoms with Gasteiger partial charge < -0.3 is 10.1 Å². The van der Waals surface area contributed by atoms with E-state index in [0.29, 0.717) is 26.5 Å². The van der Waals surface area contributed by atoms with E-state index in [-0.39, 0.29) is 11.0 Å². The Morgan fingerprint density at radius 1 is 1.31 bits per heavy atom. The number of esters is 1. The number of amides is 1. The van der Waals surface area contributed by atoms with Crippen LogP contribution in [0, 0.1) is 11.3 Å². The third-order valence-electron chi connectivity index (χ3n) is 6.07. The Bertz CT molecular complexity index is 952. The highest BCUT2D eigenvalue weighted by Crippen LogP contribution is 2.45. The van der Waals surface area contributed by atoms with E-state index in [1.165, 1.54) is 24.5 Å². The van der Waals surface area contributed by atoms with Crippen LogP contribution in [0.2, 0.25) is 10.0 Å². The quantitative estimate of drug-likeness (QED) is 0.516. The Labute approximate surface area is 185 Å². The van der Waals surface area contributed by atoms with Crippen molar-refractivity contribution in [2.45, 2.75) is 46.5 Å². The molecule has 1 atom stereocenters. The molecule has 0 bridgehead atoms. The van der Waals surface area contributed by atoms with E-state index in [0.717, 1.165) is 36.1 Å². The molecule has 1 amide bonds. The van der Waals surface area contributed by atoms with Crippen LogP contribution < -0.4 is 5.32 Å². The van der Waals surface area contributed by atoms with Gasteiger partial charge in [0, 0.05) is 9.90 Å². The third kappa shape index (κ3) is 4.47. The van der Waals surface area contributed by atoms with Crippen LogP contribution in [0.25, 0.3) is 0 Å². The number of hydrogen-bond acceptors (Lipinski definition) is 4. The van der Waals surface area contributed by atoms with Gasteiger partial charge in [0.2, 0.25) is 0 Å². The first kappa shape index (κ1) is 22.1. The molecular weight excluding hydrogens is 429 g/mol. The fourth-order valence-electron chi connectivity index (χ4n) is 3.79. The lowest BCUT2D eigenvalue weighted by atomic mass is 9.69. The molecule has 0 spiro atoms. The maximum absolute atomic E-state index is 12.8. The van der Waals surface area contributed by atoms with Gasteiger partial charge >= 0.3 is 5.97 Å². The Hall–Kier alpha value is -1.56. The van der Waals surface area contributed by atoms with Crippen molar-refractivity contribution in [1.29, 1.82) is 0 Å². The minimum absolute atomic E-state index is 0.227. The first-order chi connectivity index (χ1) is 13.7. The van der Waals surface area contributed by atoms with Crippen molar-refractivity contribution in [2.75, 3.05) is 12.4 Å². The standard InChI is InChI=1S/C22H25Cl2NO3S/c1-5-22(2,3)12-6-8-14-17(10-12)29-20(18(14)21(27)28-4)25-19(26)15-11-13(23)7-9-16(15)24/h7,9,11-12H,5-6,8,10H2,1-4H3,(H,25,26). The van der Waals surface area contributed by atoms with Gasteiger partial charge in [0.25, 0.3) is 5.91 Å². The Morgan fingerprint density at radius 2 is 2.03 bits per heavy atom. The van der Waals surface area contributed by atoms with Crippen LogP contribution in [-0.4, -0.2) is 19.0 Å². The number of anilines is 1. The van der Waals surface area contributed by atoms with E-state index in [4.69, 9.17) is 27.9 Å². The largest absolute Gasteiger partial charge is 0.465 e. The van der Waals surface area contributed by atoms with Crippen molar-refractivity contribution >= 4 is 51.4 Å². The number of ether oxygens (including phenoxy) is 1. The van der Waals surface area contributed by atoms with Crippen molar-refractivity contribution in [3.05, 3.63) is 49.8 Å². The molecule has 7 heteroatoms. The summed E-state index contributed by atoms with van der Waals surface area (Å²) < 4.78 is 5.02. The summed E-state index contributed by atoms with van der Waals surface area (Å²) in [6.45, 7) is 6.80. The predicted octanol–water partition coefficient (Wildman–Crippen LogP) is 6.63. The second-order valence-corrected chi connectivity index (χ2v) is 10.0. The highest BCUT2D eigenvalue weighted by atomic mass is 35.5. The third-order valence-corrected chi connectivity index (χ3v) is 7.81. The average molecular weight is 454 g/mol. The van der Waals surface area contributed by atoms with Gasteiger partial charge in [0.1, 0.15) is 5.00 Å². The molecule has 0 saturated heterocycles. The highest BCUT2D eigenvalue weighted by Gasteiger charge is 2.35. The molecule has 1 aromatic heterocycles. The molecule has 1 aliphatic rings. The fourth-order valence-corrected chi connectivity index (χ4v) is 5.48. The summed E-state index contributed by atoms with van der Waals surface area (Å²) in [4.78, 5) is 26.5. The van der Waals surface area contributed by atoms with Gasteiger partial charge in [-0.3, -0.25) is 4.79 Å². The zero-order valence-electron chi connectivity index (χ0n) is 17.0. The molecule has 1 aromatic carbocycles. The number of carbonyl (C=O) groups excluding carboxylic acids is 2. The average Bonchev–Trinajstić information content (AvgIpc) is 3.05. The smallest absolute Gasteiger partial charge is 0.341 e. The van der Waals surface area contributed by atoms with Crippen LogP contribution in [0.1, 0.15) is 64.8 Å². The second kappa shape index (κ2) is 8.66. The number of fused-ring (bicyclic) bond motifs is 1. The molecule has 1 unspecified atom stereocenters. The molecule has 3 rings (SSSR count). The molecule has 29 heavy (non-hydrogen) atoms. The Kier molecular flexibility index (Phi) is 6.61. The number of hydrogen-bond donors (Lipinski definition) is 1. The molecule has 156 valence electrons. The van der Waals surface area contributed by atoms with Crippen LogP contribution >= 0.6 is 34.5 Å². The zero-order chi connectivity index (χ0) is 21.3. The number of methoxy groups -OCH3 is 1. The number of carbonyl (C=O) groups is 2. The number of benzene rings is 1. The summed E-state index contributed by atoms with van der Waals surface area (Å²) in [6, 6.07) is 4.72. The van der Waals surface area contributed by atoms with Crippen molar-refractivity contribution in [1.82, 2.24) is 0 Å². The Balaban J connectivity index is 1.96. The van der Waals surface area contributed by atoms with E-state index in [1.807, 2.05) is 0 Å². The SMILES string of the molecule is CCC(C)(C)C1CCc2c(sc(NC(=O)c3cc(Cl)ccc3Cl)c2C(=O)OC)C1. The molecule has 1 N–H and O–H groups in total. The van der Waals surface area contributed by atoms with Crippen LogP contribution in [-0.2, 0) is 17.6 Å². The van der Waals surface area contributed by atoms with Crippen LogP contribution in [0.3, 0.4) is 0 Å². The topological polar surface area (TPSA) is 55.4 Å². The molecule has 1 aliphatic carbocycles. The lowest BCUT2D eigenvalue weighted by Crippen LogP contribution is -2.28. The van der Waals surface area contributed by atoms with E-state index < -0.39 is 11.9 Å². The summed E-state index contributed by atoms with van der Waals surface area (Å²) in [5.41, 5.74) is 1.96. The lowest BCUT2D eigenvalue weighted by Gasteiger charge is -2.36. The van der Waals surface area contributed by atoms with Crippen LogP contribution in [0.5, 0.6) is 0 Å². The van der Waals surface area contributed by atoms with Crippen LogP contribution in [0.4, 0.5) is 5.00 Å². The number of nitrogens with one attached hydrogen (secondary N) is 1. The molecule has 0 fully saturated rings. The summed E-state index contributed by atoms with van der Waals surface area (Å²) in [6.07, 6.45) is 3.82. The van der Waals surface area contributed by atoms with Gasteiger partial charge in [-0.25, -0.2) is 4.79 Å². The molecule has 1 heterocycles. The molecular formula is C22H25Cl2NO3S. The number of thiophene rings is 1. The zero-order valence-corrected chi connectivity index (χ0v) is 19.4. The van der Waals surface area contributed by atoms with Crippen molar-refractivity contribution in [3.8, 4) is 0 Å². The van der Waals surface area contributed by atoms with Crippen molar-refractivity contribution in [2.24, 2.45) is 11.3 Å². The minimum atomic E-state index is -0.428. The van der Waals surface area contributed by atoms with E-state index in [9.17, 15) is 9.59 Å². The highest BCUT2D eigenvalue weighted by molar-refractivity contribution is 7.17. The fraction of sp³-hybridized carbons (Fsp3) is 0.455. The second-order valence-electron chi connectivity index (χ2n) is 8.06. The summed E-state index contributed by atoms with van der Waals surface area (Å²) in [7, 11) is 1.36. The van der Waals surface area contributed by atoms with Gasteiger partial charge in [-0.05, 0) is 54.4 Å². The number of rotatable bonds is 5. The monoisotopic (exact) mass is 453 g/mol. The predicted molar refractivity (Wildman–Crippen MR) is 120 cm³/mol. The van der Waals surface area contributed by atoms with E-state index in [2.05, 4.69) is 26.1 Å². The van der Waals surface area contributed by atoms with E-state index >= 15 is 0 Å². The maximum Gasteiger partial charge on any atom is 0.341 e. The molecule has 4 nitrogen and oxygen atoms in total. The summed E-state index contributed by atoms with van der Waals surface area (Å²) in [5, 5.41) is 4.11. The Morgan fingerprint density at radius 3 is 2.69 bits per heavy atom. The van der Waals surface area contributed by atoms with Gasteiger partial charge in [0.05, 0.1) is 23.3 Å². The van der Waals surface area contributed by atoms with Gasteiger partial charge in [-0.2, -0.15) is 0 Å². The van der Waals surface area contributed by atoms with Crippen molar-refractivity contribution < 1.29 is 14.3 Å². The van der Waals surface area contributed by atoms with Gasteiger partial charge in [-0.1, -0.05) is 50.4 Å². The summed E-state index contributed by atoms with van der Waals surface area (Å²) >= 11 is 13.6. The molecule has 0 saturated carbocycles. The lowest BCUT2D eigenvalue weighted by molar-refractivity contribution is 0.0600. The molecule has 2 aromatic rings. The van der Waals surface area contributed by atoms with E-state index in [1.54, 1.807) is 12.1 Å². The molecule has 0 radical (unpaired) electrons. The first-order valence-corrected chi connectivity index (χ1v) is 11.2. The summed E-state index contributed by atoms with van der Waals surface area (Å²) in [5.74, 6) is -0.287. The maximum atomic E-state index is 12.8. The first-order valence-electron chi connectivity index (χ1n) is 9.67.